The van der Waals surface area contributed by atoms with Gasteiger partial charge < -0.3 is 5.21 Å². The van der Waals surface area contributed by atoms with Crippen molar-refractivity contribution in [2.45, 2.75) is 6.92 Å². The second kappa shape index (κ2) is 4.34. The van der Waals surface area contributed by atoms with Crippen molar-refractivity contribution in [2.75, 3.05) is 0 Å². The Balaban J connectivity index is 3.62. The standard InChI is InChI=1S/C8H7N3O5/c1-5-2-3-7(10(13)14)6(4-9-12)8(5)11(15)16/h2-4,12H,1H3/b9-4-. The van der Waals surface area contributed by atoms with E-state index in [1.807, 2.05) is 0 Å². The van der Waals surface area contributed by atoms with Gasteiger partial charge in [0.2, 0.25) is 0 Å². The number of nitrogens with zero attached hydrogens (tertiary/aromatic N) is 3. The van der Waals surface area contributed by atoms with Gasteiger partial charge in [0.25, 0.3) is 11.4 Å². The number of nitro benzene ring substituents is 2. The average Bonchev–Trinajstić information content (AvgIpc) is 2.17. The Kier molecular flexibility index (Phi) is 3.14. The molecular formula is C8H7N3O5. The Morgan fingerprint density at radius 3 is 2.38 bits per heavy atom. The molecule has 0 saturated heterocycles. The zero-order valence-electron chi connectivity index (χ0n) is 8.15. The molecule has 0 spiro atoms. The molecule has 16 heavy (non-hydrogen) atoms. The molecule has 0 aliphatic carbocycles. The summed E-state index contributed by atoms with van der Waals surface area (Å²) in [5.74, 6) is 0. The van der Waals surface area contributed by atoms with E-state index in [2.05, 4.69) is 5.16 Å². The molecule has 0 atom stereocenters. The molecule has 0 radical (unpaired) electrons. The second-order valence-electron chi connectivity index (χ2n) is 2.92. The lowest BCUT2D eigenvalue weighted by molar-refractivity contribution is -0.394. The minimum atomic E-state index is -0.774. The van der Waals surface area contributed by atoms with Crippen LogP contribution < -0.4 is 0 Å². The fourth-order valence-corrected chi connectivity index (χ4v) is 1.29. The Bertz CT molecular complexity index is 483. The molecule has 0 amide bonds. The third-order valence-electron chi connectivity index (χ3n) is 1.96. The first-order chi connectivity index (χ1) is 7.49. The molecule has 8 heteroatoms. The number of aryl methyl sites for hydroxylation is 1. The van der Waals surface area contributed by atoms with Crippen molar-refractivity contribution in [1.29, 1.82) is 0 Å². The van der Waals surface area contributed by atoms with E-state index in [0.29, 0.717) is 6.21 Å². The number of nitro groups is 2. The van der Waals surface area contributed by atoms with Crippen molar-refractivity contribution in [3.63, 3.8) is 0 Å². The van der Waals surface area contributed by atoms with E-state index in [-0.39, 0.29) is 11.1 Å². The van der Waals surface area contributed by atoms with Gasteiger partial charge in [-0.1, -0.05) is 5.16 Å². The van der Waals surface area contributed by atoms with E-state index in [0.717, 1.165) is 6.07 Å². The number of hydrogen-bond donors (Lipinski definition) is 1. The van der Waals surface area contributed by atoms with Gasteiger partial charge in [0.05, 0.1) is 16.1 Å². The smallest absolute Gasteiger partial charge is 0.288 e. The molecule has 1 rings (SSSR count). The molecule has 0 aliphatic heterocycles. The van der Waals surface area contributed by atoms with E-state index in [4.69, 9.17) is 5.21 Å². The van der Waals surface area contributed by atoms with Crippen LogP contribution in [0.2, 0.25) is 0 Å². The third-order valence-corrected chi connectivity index (χ3v) is 1.96. The maximum Gasteiger partial charge on any atom is 0.288 e. The summed E-state index contributed by atoms with van der Waals surface area (Å²) in [5.41, 5.74) is -0.981. The van der Waals surface area contributed by atoms with Gasteiger partial charge in [-0.2, -0.15) is 0 Å². The Morgan fingerprint density at radius 2 is 1.94 bits per heavy atom. The highest BCUT2D eigenvalue weighted by Gasteiger charge is 2.25. The number of hydrogen-bond acceptors (Lipinski definition) is 6. The van der Waals surface area contributed by atoms with Gasteiger partial charge in [-0.25, -0.2) is 0 Å². The minimum absolute atomic E-state index is 0.255. The zero-order chi connectivity index (χ0) is 12.3. The molecule has 0 fully saturated rings. The van der Waals surface area contributed by atoms with Crippen molar-refractivity contribution >= 4 is 17.6 Å². The highest BCUT2D eigenvalue weighted by Crippen LogP contribution is 2.29. The lowest BCUT2D eigenvalue weighted by Gasteiger charge is -2.01. The van der Waals surface area contributed by atoms with Gasteiger partial charge in [-0.15, -0.1) is 0 Å². The van der Waals surface area contributed by atoms with E-state index in [1.165, 1.54) is 13.0 Å². The van der Waals surface area contributed by atoms with Crippen LogP contribution in [0.5, 0.6) is 0 Å². The number of rotatable bonds is 3. The van der Waals surface area contributed by atoms with E-state index < -0.39 is 21.2 Å². The SMILES string of the molecule is Cc1ccc([N+](=O)[O-])c(/C=N\O)c1[N+](=O)[O-]. The molecular weight excluding hydrogens is 218 g/mol. The molecule has 0 aromatic heterocycles. The van der Waals surface area contributed by atoms with Gasteiger partial charge in [0.1, 0.15) is 0 Å². The summed E-state index contributed by atoms with van der Waals surface area (Å²) in [7, 11) is 0. The number of benzene rings is 1. The molecule has 0 heterocycles. The number of oxime groups is 1. The highest BCUT2D eigenvalue weighted by atomic mass is 16.6. The Morgan fingerprint density at radius 1 is 1.31 bits per heavy atom. The molecule has 0 saturated carbocycles. The minimum Gasteiger partial charge on any atom is -0.411 e. The third kappa shape index (κ3) is 1.95. The van der Waals surface area contributed by atoms with Crippen LogP contribution in [0.4, 0.5) is 11.4 Å². The monoisotopic (exact) mass is 225 g/mol. The first-order valence-electron chi connectivity index (χ1n) is 4.09. The van der Waals surface area contributed by atoms with E-state index >= 15 is 0 Å². The summed E-state index contributed by atoms with van der Waals surface area (Å²) in [6.45, 7) is 1.44. The summed E-state index contributed by atoms with van der Waals surface area (Å²) in [4.78, 5) is 19.8. The van der Waals surface area contributed by atoms with Gasteiger partial charge in [-0.05, 0) is 13.0 Å². The van der Waals surface area contributed by atoms with E-state index in [1.54, 1.807) is 0 Å². The lowest BCUT2D eigenvalue weighted by Crippen LogP contribution is -2.02. The average molecular weight is 225 g/mol. The summed E-state index contributed by atoms with van der Waals surface area (Å²) >= 11 is 0. The lowest BCUT2D eigenvalue weighted by atomic mass is 10.1. The van der Waals surface area contributed by atoms with Crippen LogP contribution in [0.3, 0.4) is 0 Å². The van der Waals surface area contributed by atoms with Crippen LogP contribution in [0.25, 0.3) is 0 Å². The van der Waals surface area contributed by atoms with Gasteiger partial charge in [-0.3, -0.25) is 20.2 Å². The molecule has 1 aromatic rings. The fourth-order valence-electron chi connectivity index (χ4n) is 1.29. The molecule has 0 unspecified atom stereocenters. The molecule has 0 bridgehead atoms. The second-order valence-corrected chi connectivity index (χ2v) is 2.92. The van der Waals surface area contributed by atoms with Crippen LogP contribution in [0, 0.1) is 27.2 Å². The first kappa shape index (κ1) is 11.6. The van der Waals surface area contributed by atoms with Gasteiger partial charge in [0.15, 0.2) is 5.56 Å². The predicted octanol–water partition coefficient (Wildman–Crippen LogP) is 1.62. The highest BCUT2D eigenvalue weighted by molar-refractivity contribution is 5.91. The largest absolute Gasteiger partial charge is 0.411 e. The Labute approximate surface area is 89.1 Å². The molecule has 1 aromatic carbocycles. The topological polar surface area (TPSA) is 119 Å². The molecule has 8 nitrogen and oxygen atoms in total. The van der Waals surface area contributed by atoms with Crippen molar-refractivity contribution in [3.8, 4) is 0 Å². The summed E-state index contributed by atoms with van der Waals surface area (Å²) in [6.07, 6.45) is 0.684. The summed E-state index contributed by atoms with van der Waals surface area (Å²) in [5, 5.41) is 32.3. The molecule has 1 N–H and O–H groups in total. The first-order valence-corrected chi connectivity index (χ1v) is 4.09. The molecule has 84 valence electrons. The van der Waals surface area contributed by atoms with Gasteiger partial charge in [0, 0.05) is 11.6 Å². The van der Waals surface area contributed by atoms with E-state index in [9.17, 15) is 20.2 Å². The van der Waals surface area contributed by atoms with Crippen molar-refractivity contribution in [3.05, 3.63) is 43.5 Å². The molecule has 0 aliphatic rings. The van der Waals surface area contributed by atoms with Crippen LogP contribution in [0.1, 0.15) is 11.1 Å². The van der Waals surface area contributed by atoms with Gasteiger partial charge >= 0.3 is 0 Å². The Hall–Kier alpha value is -2.51. The van der Waals surface area contributed by atoms with Crippen molar-refractivity contribution < 1.29 is 15.1 Å². The van der Waals surface area contributed by atoms with Crippen molar-refractivity contribution in [1.82, 2.24) is 0 Å². The van der Waals surface area contributed by atoms with Crippen LogP contribution >= 0.6 is 0 Å². The summed E-state index contributed by atoms with van der Waals surface area (Å²) < 4.78 is 0. The maximum atomic E-state index is 10.7. The van der Waals surface area contributed by atoms with Crippen LogP contribution in [-0.4, -0.2) is 21.3 Å². The van der Waals surface area contributed by atoms with Crippen molar-refractivity contribution in [2.24, 2.45) is 5.16 Å². The normalized spacial score (nSPS) is 10.6. The van der Waals surface area contributed by atoms with Crippen LogP contribution in [0.15, 0.2) is 17.3 Å². The predicted molar refractivity (Wildman–Crippen MR) is 53.9 cm³/mol. The zero-order valence-corrected chi connectivity index (χ0v) is 8.15. The fraction of sp³-hybridized carbons (Fsp3) is 0.125. The maximum absolute atomic E-state index is 10.7. The summed E-state index contributed by atoms with van der Waals surface area (Å²) in [6, 6.07) is 2.39. The van der Waals surface area contributed by atoms with Crippen LogP contribution in [-0.2, 0) is 0 Å². The quantitative estimate of drug-likeness (QED) is 0.362.